The number of fused-ring (bicyclic) bond motifs is 1. The van der Waals surface area contributed by atoms with E-state index in [1.54, 1.807) is 28.2 Å². The molecule has 5 rings (SSSR count). The van der Waals surface area contributed by atoms with Gasteiger partial charge in [-0.15, -0.1) is 0 Å². The Kier molecular flexibility index (Phi) is 4.56. The van der Waals surface area contributed by atoms with E-state index in [-0.39, 0.29) is 6.03 Å². The molecule has 2 aliphatic rings. The Balaban J connectivity index is 1.47. The van der Waals surface area contributed by atoms with E-state index >= 15 is 0 Å². The summed E-state index contributed by atoms with van der Waals surface area (Å²) < 4.78 is 5.73. The van der Waals surface area contributed by atoms with Crippen molar-refractivity contribution in [3.05, 3.63) is 47.7 Å². The first-order valence-electron chi connectivity index (χ1n) is 9.76. The van der Waals surface area contributed by atoms with Crippen molar-refractivity contribution in [1.29, 1.82) is 0 Å². The topological polar surface area (TPSA) is 56.1 Å². The van der Waals surface area contributed by atoms with Gasteiger partial charge in [0.1, 0.15) is 5.82 Å². The van der Waals surface area contributed by atoms with Gasteiger partial charge >= 0.3 is 6.03 Å². The molecular weight excluding hydrogens is 390 g/mol. The molecule has 2 saturated heterocycles. The summed E-state index contributed by atoms with van der Waals surface area (Å²) in [5.74, 6) is 1.47. The van der Waals surface area contributed by atoms with Crippen molar-refractivity contribution in [2.24, 2.45) is 0 Å². The highest BCUT2D eigenvalue weighted by Crippen LogP contribution is 2.33. The lowest BCUT2D eigenvalue weighted by atomic mass is 10.2. The number of carbonyl (C=O) groups excluding carboxylic acids is 1. The lowest BCUT2D eigenvalue weighted by Crippen LogP contribution is -2.45. The monoisotopic (exact) mass is 411 g/mol. The van der Waals surface area contributed by atoms with Crippen LogP contribution in [0.1, 0.15) is 0 Å². The van der Waals surface area contributed by atoms with Crippen molar-refractivity contribution >= 4 is 45.9 Å². The number of piperazine rings is 1. The Morgan fingerprint density at radius 3 is 2.45 bits per heavy atom. The Labute approximate surface area is 174 Å². The van der Waals surface area contributed by atoms with Crippen LogP contribution in [0.2, 0.25) is 5.02 Å². The van der Waals surface area contributed by atoms with Crippen LogP contribution in [0, 0.1) is 0 Å². The summed E-state index contributed by atoms with van der Waals surface area (Å²) in [6.07, 6.45) is 1.68. The minimum absolute atomic E-state index is 0.0769. The van der Waals surface area contributed by atoms with Crippen molar-refractivity contribution in [1.82, 2.24) is 9.88 Å². The second kappa shape index (κ2) is 7.24. The number of rotatable bonds is 3. The number of hydrogen-bond acceptors (Lipinski definition) is 5. The van der Waals surface area contributed by atoms with E-state index in [4.69, 9.17) is 21.0 Å². The second-order valence-electron chi connectivity index (χ2n) is 7.50. The van der Waals surface area contributed by atoms with Gasteiger partial charge in [-0.05, 0) is 43.4 Å². The minimum atomic E-state index is -0.0769. The molecule has 2 amide bonds. The highest BCUT2D eigenvalue weighted by atomic mass is 35.5. The molecule has 0 atom stereocenters. The molecule has 1 aromatic carbocycles. The van der Waals surface area contributed by atoms with E-state index in [9.17, 15) is 4.79 Å². The molecule has 0 saturated carbocycles. The first-order valence-corrected chi connectivity index (χ1v) is 10.1. The molecule has 4 heterocycles. The smallest absolute Gasteiger partial charge is 0.330 e. The third-order valence-electron chi connectivity index (χ3n) is 5.63. The van der Waals surface area contributed by atoms with Gasteiger partial charge in [0.25, 0.3) is 0 Å². The van der Waals surface area contributed by atoms with Crippen LogP contribution in [-0.4, -0.2) is 62.2 Å². The fourth-order valence-corrected chi connectivity index (χ4v) is 4.05. The Bertz CT molecular complexity index is 1040. The molecule has 29 heavy (non-hydrogen) atoms. The number of likely N-dealkylation sites (N-methyl/N-ethyl adjacent to an activating group) is 1. The lowest BCUT2D eigenvalue weighted by molar-refractivity contribution is 0.255. The molecule has 0 unspecified atom stereocenters. The first-order chi connectivity index (χ1) is 14.1. The van der Waals surface area contributed by atoms with Gasteiger partial charge in [-0.25, -0.2) is 9.78 Å². The quantitative estimate of drug-likeness (QED) is 0.658. The Morgan fingerprint density at radius 2 is 1.69 bits per heavy atom. The van der Waals surface area contributed by atoms with Crippen molar-refractivity contribution in [2.45, 2.75) is 0 Å². The molecule has 2 aromatic heterocycles. The van der Waals surface area contributed by atoms with E-state index in [0.717, 1.165) is 48.7 Å². The predicted octanol–water partition coefficient (Wildman–Crippen LogP) is 3.68. The van der Waals surface area contributed by atoms with E-state index in [0.29, 0.717) is 23.9 Å². The van der Waals surface area contributed by atoms with E-state index in [1.807, 2.05) is 24.3 Å². The van der Waals surface area contributed by atoms with Gasteiger partial charge in [0.2, 0.25) is 0 Å². The van der Waals surface area contributed by atoms with Crippen LogP contribution in [-0.2, 0) is 0 Å². The molecule has 2 fully saturated rings. The predicted molar refractivity (Wildman–Crippen MR) is 115 cm³/mol. The summed E-state index contributed by atoms with van der Waals surface area (Å²) >= 11 is 5.98. The second-order valence-corrected chi connectivity index (χ2v) is 7.93. The molecule has 0 radical (unpaired) electrons. The standard InChI is InChI=1S/C21H22ClN5O2/c1-24-7-9-25(10-8-24)20-19-15(6-13-29-19)14-18(23-20)27-12-11-26(21(27)28)17-4-2-16(22)3-5-17/h2-6,13-14H,7-12H2,1H3. The molecule has 3 aromatic rings. The van der Waals surface area contributed by atoms with Crippen LogP contribution in [0.15, 0.2) is 47.1 Å². The zero-order chi connectivity index (χ0) is 20.0. The molecule has 0 bridgehead atoms. The van der Waals surface area contributed by atoms with Crippen LogP contribution in [0.3, 0.4) is 0 Å². The number of nitrogens with zero attached hydrogens (tertiary/aromatic N) is 5. The molecular formula is C21H22ClN5O2. The Hall–Kier alpha value is -2.77. The van der Waals surface area contributed by atoms with E-state index in [2.05, 4.69) is 16.8 Å². The highest BCUT2D eigenvalue weighted by molar-refractivity contribution is 6.30. The third-order valence-corrected chi connectivity index (χ3v) is 5.88. The van der Waals surface area contributed by atoms with Gasteiger partial charge in [-0.3, -0.25) is 9.80 Å². The molecule has 0 aliphatic carbocycles. The normalized spacial score (nSPS) is 18.3. The number of anilines is 3. The van der Waals surface area contributed by atoms with E-state index in [1.165, 1.54) is 0 Å². The average Bonchev–Trinajstić information content (AvgIpc) is 3.35. The number of amides is 2. The van der Waals surface area contributed by atoms with Crippen LogP contribution in [0.5, 0.6) is 0 Å². The largest absolute Gasteiger partial charge is 0.460 e. The zero-order valence-electron chi connectivity index (χ0n) is 16.2. The molecule has 0 N–H and O–H groups in total. The summed E-state index contributed by atoms with van der Waals surface area (Å²) in [5.41, 5.74) is 1.62. The maximum Gasteiger partial charge on any atom is 0.330 e. The van der Waals surface area contributed by atoms with Crippen molar-refractivity contribution in [2.75, 3.05) is 61.0 Å². The van der Waals surface area contributed by atoms with Crippen LogP contribution < -0.4 is 14.7 Å². The molecule has 8 heteroatoms. The SMILES string of the molecule is CN1CCN(c2nc(N3CCN(c4ccc(Cl)cc4)C3=O)cc3ccoc23)CC1. The molecule has 7 nitrogen and oxygen atoms in total. The molecule has 150 valence electrons. The third kappa shape index (κ3) is 3.30. The Morgan fingerprint density at radius 1 is 0.966 bits per heavy atom. The average molecular weight is 412 g/mol. The van der Waals surface area contributed by atoms with Gasteiger partial charge in [0.15, 0.2) is 11.4 Å². The number of furan rings is 1. The summed E-state index contributed by atoms with van der Waals surface area (Å²) in [4.78, 5) is 26.0. The van der Waals surface area contributed by atoms with Crippen molar-refractivity contribution in [3.63, 3.8) is 0 Å². The summed E-state index contributed by atoms with van der Waals surface area (Å²) in [6, 6.07) is 11.1. The summed E-state index contributed by atoms with van der Waals surface area (Å²) in [5, 5.41) is 1.61. The van der Waals surface area contributed by atoms with Gasteiger partial charge in [-0.2, -0.15) is 0 Å². The summed E-state index contributed by atoms with van der Waals surface area (Å²) in [6.45, 7) is 4.90. The number of benzene rings is 1. The number of halogens is 1. The number of carbonyl (C=O) groups is 1. The van der Waals surface area contributed by atoms with Gasteiger partial charge in [-0.1, -0.05) is 11.6 Å². The minimum Gasteiger partial charge on any atom is -0.460 e. The number of urea groups is 1. The lowest BCUT2D eigenvalue weighted by Gasteiger charge is -2.33. The maximum atomic E-state index is 13.1. The maximum absolute atomic E-state index is 13.1. The van der Waals surface area contributed by atoms with Gasteiger partial charge in [0.05, 0.1) is 6.26 Å². The number of aromatic nitrogens is 1. The fourth-order valence-electron chi connectivity index (χ4n) is 3.93. The van der Waals surface area contributed by atoms with Gasteiger partial charge < -0.3 is 14.2 Å². The van der Waals surface area contributed by atoms with Crippen LogP contribution >= 0.6 is 11.6 Å². The van der Waals surface area contributed by atoms with Gasteiger partial charge in [0, 0.05) is 55.4 Å². The molecule has 2 aliphatic heterocycles. The van der Waals surface area contributed by atoms with E-state index < -0.39 is 0 Å². The summed E-state index contributed by atoms with van der Waals surface area (Å²) in [7, 11) is 2.12. The molecule has 0 spiro atoms. The number of hydrogen-bond donors (Lipinski definition) is 0. The first kappa shape index (κ1) is 18.3. The fraction of sp³-hybridized carbons (Fsp3) is 0.333. The number of pyridine rings is 1. The zero-order valence-corrected chi connectivity index (χ0v) is 17.0. The highest BCUT2D eigenvalue weighted by Gasteiger charge is 2.32. The van der Waals surface area contributed by atoms with Crippen molar-refractivity contribution in [3.8, 4) is 0 Å². The van der Waals surface area contributed by atoms with Crippen molar-refractivity contribution < 1.29 is 9.21 Å². The van der Waals surface area contributed by atoms with Crippen LogP contribution in [0.25, 0.3) is 11.0 Å². The van der Waals surface area contributed by atoms with Crippen LogP contribution in [0.4, 0.5) is 22.1 Å².